The average molecular weight is 394 g/mol. The van der Waals surface area contributed by atoms with Crippen LogP contribution in [0.15, 0.2) is 22.7 Å². The summed E-state index contributed by atoms with van der Waals surface area (Å²) in [6.45, 7) is 2.11. The monoisotopic (exact) mass is 393 g/mol. The van der Waals surface area contributed by atoms with Gasteiger partial charge in [0.25, 0.3) is 5.91 Å². The van der Waals surface area contributed by atoms with Crippen LogP contribution in [-0.2, 0) is 0 Å². The standard InChI is InChI=1S/C12H13BrINO/c1-12(6-3-7-12)15-11(16)10-8(13)4-2-5-9(10)14/h2,4-5H,3,6-7H2,1H3,(H,15,16). The molecule has 0 aliphatic heterocycles. The van der Waals surface area contributed by atoms with Crippen molar-refractivity contribution in [1.82, 2.24) is 5.32 Å². The van der Waals surface area contributed by atoms with Crippen molar-refractivity contribution in [1.29, 1.82) is 0 Å². The smallest absolute Gasteiger partial charge is 0.253 e. The molecule has 1 saturated carbocycles. The molecule has 4 heteroatoms. The molecule has 1 aromatic carbocycles. The Morgan fingerprint density at radius 1 is 1.50 bits per heavy atom. The first-order valence-corrected chi connectivity index (χ1v) is 7.15. The Balaban J connectivity index is 2.20. The normalized spacial score (nSPS) is 17.7. The summed E-state index contributed by atoms with van der Waals surface area (Å²) in [5.41, 5.74) is 0.756. The first-order chi connectivity index (χ1) is 7.52. The molecule has 0 aromatic heterocycles. The Hall–Kier alpha value is -0.100. The van der Waals surface area contributed by atoms with Gasteiger partial charge >= 0.3 is 0 Å². The zero-order valence-corrected chi connectivity index (χ0v) is 12.8. The van der Waals surface area contributed by atoms with Crippen LogP contribution in [0.3, 0.4) is 0 Å². The van der Waals surface area contributed by atoms with Gasteiger partial charge in [0.05, 0.1) is 5.56 Å². The van der Waals surface area contributed by atoms with Crippen LogP contribution >= 0.6 is 38.5 Å². The molecular formula is C12H13BrINO. The van der Waals surface area contributed by atoms with Crippen LogP contribution in [-0.4, -0.2) is 11.4 Å². The molecule has 1 aliphatic rings. The quantitative estimate of drug-likeness (QED) is 0.762. The molecule has 0 atom stereocenters. The van der Waals surface area contributed by atoms with Gasteiger partial charge < -0.3 is 5.32 Å². The Kier molecular flexibility index (Phi) is 3.59. The highest BCUT2D eigenvalue weighted by Gasteiger charge is 2.34. The Labute approximate surface area is 117 Å². The third-order valence-corrected chi connectivity index (χ3v) is 4.62. The van der Waals surface area contributed by atoms with Gasteiger partial charge in [-0.2, -0.15) is 0 Å². The summed E-state index contributed by atoms with van der Waals surface area (Å²) >= 11 is 5.62. The minimum atomic E-state index is 0.00937. The number of rotatable bonds is 2. The molecule has 1 amide bonds. The molecule has 0 saturated heterocycles. The van der Waals surface area contributed by atoms with Gasteiger partial charge in [0.2, 0.25) is 0 Å². The maximum absolute atomic E-state index is 12.1. The Morgan fingerprint density at radius 2 is 2.19 bits per heavy atom. The summed E-state index contributed by atoms with van der Waals surface area (Å²) in [4.78, 5) is 12.1. The van der Waals surface area contributed by atoms with E-state index in [9.17, 15) is 4.79 Å². The van der Waals surface area contributed by atoms with Crippen LogP contribution in [0.4, 0.5) is 0 Å². The Morgan fingerprint density at radius 3 is 2.69 bits per heavy atom. The predicted octanol–water partition coefficient (Wildman–Crippen LogP) is 3.73. The minimum absolute atomic E-state index is 0.00937. The molecule has 0 bridgehead atoms. The lowest BCUT2D eigenvalue weighted by Crippen LogP contribution is -2.51. The van der Waals surface area contributed by atoms with E-state index in [1.54, 1.807) is 0 Å². The minimum Gasteiger partial charge on any atom is -0.347 e. The maximum atomic E-state index is 12.1. The van der Waals surface area contributed by atoms with Crippen molar-refractivity contribution in [2.45, 2.75) is 31.7 Å². The molecule has 86 valence electrons. The summed E-state index contributed by atoms with van der Waals surface area (Å²) in [7, 11) is 0. The largest absolute Gasteiger partial charge is 0.347 e. The second-order valence-corrected chi connectivity index (χ2v) is 6.48. The molecule has 0 radical (unpaired) electrons. The van der Waals surface area contributed by atoms with Crippen molar-refractivity contribution in [3.05, 3.63) is 31.8 Å². The zero-order chi connectivity index (χ0) is 11.8. The lowest BCUT2D eigenvalue weighted by atomic mass is 9.78. The summed E-state index contributed by atoms with van der Waals surface area (Å²) < 4.78 is 1.84. The molecular weight excluding hydrogens is 381 g/mol. The van der Waals surface area contributed by atoms with Crippen molar-refractivity contribution in [2.75, 3.05) is 0 Å². The van der Waals surface area contributed by atoms with E-state index in [1.807, 2.05) is 18.2 Å². The SMILES string of the molecule is CC1(NC(=O)c2c(Br)cccc2I)CCC1. The first kappa shape index (κ1) is 12.4. The summed E-state index contributed by atoms with van der Waals surface area (Å²) in [6.07, 6.45) is 3.38. The van der Waals surface area contributed by atoms with Gasteiger partial charge in [-0.1, -0.05) is 6.07 Å². The van der Waals surface area contributed by atoms with Crippen LogP contribution in [0.5, 0.6) is 0 Å². The van der Waals surface area contributed by atoms with E-state index in [-0.39, 0.29) is 11.4 Å². The van der Waals surface area contributed by atoms with Gasteiger partial charge in [-0.15, -0.1) is 0 Å². The van der Waals surface area contributed by atoms with Crippen molar-refractivity contribution in [2.24, 2.45) is 0 Å². The van der Waals surface area contributed by atoms with Crippen LogP contribution in [0, 0.1) is 3.57 Å². The third-order valence-electron chi connectivity index (χ3n) is 3.06. The number of carbonyl (C=O) groups excluding carboxylic acids is 1. The summed E-state index contributed by atoms with van der Waals surface area (Å²) in [6, 6.07) is 5.79. The first-order valence-electron chi connectivity index (χ1n) is 5.28. The lowest BCUT2D eigenvalue weighted by molar-refractivity contribution is 0.0848. The fraction of sp³-hybridized carbons (Fsp3) is 0.417. The van der Waals surface area contributed by atoms with E-state index < -0.39 is 0 Å². The third kappa shape index (κ3) is 2.42. The molecule has 1 N–H and O–H groups in total. The topological polar surface area (TPSA) is 29.1 Å². The second-order valence-electron chi connectivity index (χ2n) is 4.46. The van der Waals surface area contributed by atoms with E-state index in [4.69, 9.17) is 0 Å². The van der Waals surface area contributed by atoms with Crippen molar-refractivity contribution < 1.29 is 4.79 Å². The highest BCUT2D eigenvalue weighted by Crippen LogP contribution is 2.32. The van der Waals surface area contributed by atoms with Crippen LogP contribution < -0.4 is 5.32 Å². The molecule has 1 aromatic rings. The van der Waals surface area contributed by atoms with Crippen molar-refractivity contribution in [3.63, 3.8) is 0 Å². The number of hydrogen-bond donors (Lipinski definition) is 1. The van der Waals surface area contributed by atoms with E-state index >= 15 is 0 Å². The molecule has 0 spiro atoms. The lowest BCUT2D eigenvalue weighted by Gasteiger charge is -2.39. The summed E-state index contributed by atoms with van der Waals surface area (Å²) in [5.74, 6) is 0.0269. The molecule has 0 heterocycles. The van der Waals surface area contributed by atoms with E-state index in [0.717, 1.165) is 26.4 Å². The van der Waals surface area contributed by atoms with E-state index in [0.29, 0.717) is 0 Å². The zero-order valence-electron chi connectivity index (χ0n) is 9.02. The molecule has 1 aliphatic carbocycles. The Bertz CT molecular complexity index is 409. The van der Waals surface area contributed by atoms with Gasteiger partial charge in [-0.05, 0) is 76.8 Å². The molecule has 0 unspecified atom stereocenters. The highest BCUT2D eigenvalue weighted by molar-refractivity contribution is 14.1. The van der Waals surface area contributed by atoms with Crippen LogP contribution in [0.2, 0.25) is 0 Å². The van der Waals surface area contributed by atoms with Gasteiger partial charge in [-0.25, -0.2) is 0 Å². The predicted molar refractivity (Wildman–Crippen MR) is 76.6 cm³/mol. The molecule has 16 heavy (non-hydrogen) atoms. The molecule has 2 rings (SSSR count). The number of benzene rings is 1. The van der Waals surface area contributed by atoms with E-state index in [2.05, 4.69) is 50.8 Å². The van der Waals surface area contributed by atoms with Crippen LogP contribution in [0.1, 0.15) is 36.5 Å². The fourth-order valence-corrected chi connectivity index (χ4v) is 3.54. The molecule has 1 fully saturated rings. The van der Waals surface area contributed by atoms with Crippen LogP contribution in [0.25, 0.3) is 0 Å². The number of hydrogen-bond acceptors (Lipinski definition) is 1. The molecule has 2 nitrogen and oxygen atoms in total. The van der Waals surface area contributed by atoms with Crippen molar-refractivity contribution >= 4 is 44.4 Å². The van der Waals surface area contributed by atoms with Gasteiger partial charge in [0, 0.05) is 13.6 Å². The number of halogens is 2. The number of carbonyl (C=O) groups is 1. The van der Waals surface area contributed by atoms with Crippen molar-refractivity contribution in [3.8, 4) is 0 Å². The highest BCUT2D eigenvalue weighted by atomic mass is 127. The second kappa shape index (κ2) is 4.64. The number of nitrogens with one attached hydrogen (secondary N) is 1. The number of amides is 1. The maximum Gasteiger partial charge on any atom is 0.253 e. The average Bonchev–Trinajstić information content (AvgIpc) is 2.15. The van der Waals surface area contributed by atoms with E-state index in [1.165, 1.54) is 6.42 Å². The van der Waals surface area contributed by atoms with Gasteiger partial charge in [-0.3, -0.25) is 4.79 Å². The fourth-order valence-electron chi connectivity index (χ4n) is 1.88. The summed E-state index contributed by atoms with van der Waals surface area (Å²) in [5, 5.41) is 3.12. The van der Waals surface area contributed by atoms with Gasteiger partial charge in [0.1, 0.15) is 0 Å². The van der Waals surface area contributed by atoms with Gasteiger partial charge in [0.15, 0.2) is 0 Å².